The Bertz CT molecular complexity index is 376. The van der Waals surface area contributed by atoms with Gasteiger partial charge in [-0.3, -0.25) is 0 Å². The maximum Gasteiger partial charge on any atom is 0.255 e. The van der Waals surface area contributed by atoms with Crippen LogP contribution in [0.5, 0.6) is 11.5 Å². The first-order chi connectivity index (χ1) is 7.20. The molecule has 90 valence electrons. The largest absolute Gasteiger partial charge is 0.504 e. The van der Waals surface area contributed by atoms with Crippen molar-refractivity contribution in [3.8, 4) is 11.5 Å². The van der Waals surface area contributed by atoms with Gasteiger partial charge in [-0.25, -0.2) is 4.98 Å². The highest BCUT2D eigenvalue weighted by Crippen LogP contribution is 2.27. The number of aromatic hydroxyl groups is 1. The minimum Gasteiger partial charge on any atom is -0.504 e. The average molecular weight is 249 g/mol. The summed E-state index contributed by atoms with van der Waals surface area (Å²) >= 11 is 0. The zero-order valence-corrected chi connectivity index (χ0v) is 9.68. The zero-order valence-electron chi connectivity index (χ0n) is 8.86. The van der Waals surface area contributed by atoms with E-state index in [2.05, 4.69) is 10.3 Å². The molecule has 6 heteroatoms. The summed E-state index contributed by atoms with van der Waals surface area (Å²) in [6.07, 6.45) is 0.891. The number of halogens is 2. The topological polar surface area (TPSA) is 54.4 Å². The van der Waals surface area contributed by atoms with Gasteiger partial charge in [-0.1, -0.05) is 6.92 Å². The molecule has 1 aliphatic heterocycles. The number of hydrogen-bond acceptors (Lipinski definition) is 4. The van der Waals surface area contributed by atoms with Crippen molar-refractivity contribution >= 4 is 12.4 Å². The van der Waals surface area contributed by atoms with Crippen molar-refractivity contribution in [2.45, 2.75) is 26.0 Å². The van der Waals surface area contributed by atoms with Crippen molar-refractivity contribution in [3.05, 3.63) is 17.7 Å². The van der Waals surface area contributed by atoms with Crippen LogP contribution in [0.25, 0.3) is 0 Å². The molecule has 1 aromatic heterocycles. The SMILES string of the molecule is CC[C@@H]1CNCc2nc(F)c(O)cc2O1.Cl. The third kappa shape index (κ3) is 2.54. The summed E-state index contributed by atoms with van der Waals surface area (Å²) in [7, 11) is 0. The molecule has 16 heavy (non-hydrogen) atoms. The Morgan fingerprint density at radius 2 is 2.44 bits per heavy atom. The summed E-state index contributed by atoms with van der Waals surface area (Å²) in [5.74, 6) is -0.856. The van der Waals surface area contributed by atoms with Gasteiger partial charge in [0.2, 0.25) is 0 Å². The summed E-state index contributed by atoms with van der Waals surface area (Å²) < 4.78 is 18.6. The second kappa shape index (κ2) is 5.32. The predicted octanol–water partition coefficient (Wildman–Crippen LogP) is 1.61. The van der Waals surface area contributed by atoms with Gasteiger partial charge in [0.25, 0.3) is 5.95 Å². The monoisotopic (exact) mass is 248 g/mol. The lowest BCUT2D eigenvalue weighted by Crippen LogP contribution is -2.27. The zero-order chi connectivity index (χ0) is 10.8. The molecule has 4 nitrogen and oxygen atoms in total. The number of ether oxygens (including phenoxy) is 1. The molecule has 0 unspecified atom stereocenters. The van der Waals surface area contributed by atoms with E-state index in [1.807, 2.05) is 6.92 Å². The van der Waals surface area contributed by atoms with E-state index in [1.165, 1.54) is 6.07 Å². The molecule has 0 bridgehead atoms. The summed E-state index contributed by atoms with van der Waals surface area (Å²) in [4.78, 5) is 3.64. The van der Waals surface area contributed by atoms with Gasteiger partial charge < -0.3 is 15.2 Å². The Kier molecular flexibility index (Phi) is 4.32. The second-order valence-corrected chi connectivity index (χ2v) is 3.52. The second-order valence-electron chi connectivity index (χ2n) is 3.52. The Morgan fingerprint density at radius 3 is 3.12 bits per heavy atom. The van der Waals surface area contributed by atoms with Crippen LogP contribution in [0.3, 0.4) is 0 Å². The standard InChI is InChI=1S/C10H13FN2O2.ClH/c1-2-6-4-12-5-7-9(15-6)3-8(14)10(11)13-7;/h3,6,12,14H,2,4-5H2,1H3;1H/t6-;/m1./s1. The van der Waals surface area contributed by atoms with Crippen LogP contribution in [-0.2, 0) is 6.54 Å². The summed E-state index contributed by atoms with van der Waals surface area (Å²) in [6, 6.07) is 1.29. The summed E-state index contributed by atoms with van der Waals surface area (Å²) in [6.45, 7) is 3.17. The fourth-order valence-electron chi connectivity index (χ4n) is 1.53. The fourth-order valence-corrected chi connectivity index (χ4v) is 1.53. The first kappa shape index (κ1) is 13.0. The smallest absolute Gasteiger partial charge is 0.255 e. The van der Waals surface area contributed by atoms with Crippen molar-refractivity contribution in [1.82, 2.24) is 10.3 Å². The molecule has 2 rings (SSSR count). The highest BCUT2D eigenvalue weighted by atomic mass is 35.5. The van der Waals surface area contributed by atoms with E-state index in [0.29, 0.717) is 24.5 Å². The fraction of sp³-hybridized carbons (Fsp3) is 0.500. The number of nitrogens with zero attached hydrogens (tertiary/aromatic N) is 1. The van der Waals surface area contributed by atoms with Gasteiger partial charge >= 0.3 is 0 Å². The number of hydrogen-bond donors (Lipinski definition) is 2. The van der Waals surface area contributed by atoms with Crippen molar-refractivity contribution in [2.75, 3.05) is 6.54 Å². The van der Waals surface area contributed by atoms with Crippen LogP contribution < -0.4 is 10.1 Å². The first-order valence-electron chi connectivity index (χ1n) is 4.96. The van der Waals surface area contributed by atoms with Gasteiger partial charge in [0.15, 0.2) is 5.75 Å². The Morgan fingerprint density at radius 1 is 1.69 bits per heavy atom. The molecule has 0 aliphatic carbocycles. The summed E-state index contributed by atoms with van der Waals surface area (Å²) in [5, 5.41) is 12.3. The van der Waals surface area contributed by atoms with Crippen molar-refractivity contribution in [3.63, 3.8) is 0 Å². The van der Waals surface area contributed by atoms with Gasteiger partial charge in [0.05, 0.1) is 5.69 Å². The molecular formula is C10H14ClFN2O2. The third-order valence-electron chi connectivity index (χ3n) is 2.41. The molecule has 1 aliphatic rings. The number of fused-ring (bicyclic) bond motifs is 1. The van der Waals surface area contributed by atoms with Crippen molar-refractivity contribution in [1.29, 1.82) is 0 Å². The third-order valence-corrected chi connectivity index (χ3v) is 2.41. The molecule has 1 aromatic rings. The van der Waals surface area contributed by atoms with Crippen LogP contribution in [0.4, 0.5) is 4.39 Å². The first-order valence-corrected chi connectivity index (χ1v) is 4.96. The van der Waals surface area contributed by atoms with Gasteiger partial charge in [0, 0.05) is 19.2 Å². The van der Waals surface area contributed by atoms with Gasteiger partial charge in [-0.05, 0) is 6.42 Å². The molecule has 0 fully saturated rings. The van der Waals surface area contributed by atoms with Crippen molar-refractivity contribution in [2.24, 2.45) is 0 Å². The molecule has 0 saturated carbocycles. The Balaban J connectivity index is 0.00000128. The van der Waals surface area contributed by atoms with E-state index < -0.39 is 11.7 Å². The highest BCUT2D eigenvalue weighted by molar-refractivity contribution is 5.85. The van der Waals surface area contributed by atoms with Crippen LogP contribution in [0, 0.1) is 5.95 Å². The predicted molar refractivity (Wildman–Crippen MR) is 59.5 cm³/mol. The molecule has 0 aromatic carbocycles. The van der Waals surface area contributed by atoms with E-state index in [0.717, 1.165) is 6.42 Å². The van der Waals surface area contributed by atoms with Crippen LogP contribution >= 0.6 is 12.4 Å². The van der Waals surface area contributed by atoms with E-state index in [9.17, 15) is 9.50 Å². The van der Waals surface area contributed by atoms with Crippen molar-refractivity contribution < 1.29 is 14.2 Å². The number of aromatic nitrogens is 1. The highest BCUT2D eigenvalue weighted by Gasteiger charge is 2.19. The molecule has 2 N–H and O–H groups in total. The van der Waals surface area contributed by atoms with Crippen LogP contribution in [0.2, 0.25) is 0 Å². The van der Waals surface area contributed by atoms with E-state index >= 15 is 0 Å². The lowest BCUT2D eigenvalue weighted by molar-refractivity contribution is 0.200. The Hall–Kier alpha value is -1.07. The molecule has 2 heterocycles. The van der Waals surface area contributed by atoms with Gasteiger partial charge in [-0.2, -0.15) is 4.39 Å². The lowest BCUT2D eigenvalue weighted by Gasteiger charge is -2.14. The van der Waals surface area contributed by atoms with Crippen LogP contribution in [-0.4, -0.2) is 22.7 Å². The molecule has 0 saturated heterocycles. The molecular weight excluding hydrogens is 235 g/mol. The molecule has 0 spiro atoms. The van der Waals surface area contributed by atoms with Crippen LogP contribution in [0.15, 0.2) is 6.07 Å². The quantitative estimate of drug-likeness (QED) is 0.742. The van der Waals surface area contributed by atoms with E-state index in [-0.39, 0.29) is 18.5 Å². The van der Waals surface area contributed by atoms with Gasteiger partial charge in [0.1, 0.15) is 11.9 Å². The number of nitrogens with one attached hydrogen (secondary N) is 1. The van der Waals surface area contributed by atoms with Crippen LogP contribution in [0.1, 0.15) is 19.0 Å². The minimum atomic E-state index is -0.853. The Labute approximate surface area is 99.2 Å². The lowest BCUT2D eigenvalue weighted by atomic mass is 10.3. The number of rotatable bonds is 1. The van der Waals surface area contributed by atoms with Gasteiger partial charge in [-0.15, -0.1) is 12.4 Å². The molecule has 0 amide bonds. The summed E-state index contributed by atoms with van der Waals surface area (Å²) in [5.41, 5.74) is 0.501. The normalized spacial score (nSPS) is 19.0. The minimum absolute atomic E-state index is 0. The molecule has 0 radical (unpaired) electrons. The van der Waals surface area contributed by atoms with E-state index in [4.69, 9.17) is 4.74 Å². The average Bonchev–Trinajstić information content (AvgIpc) is 2.41. The maximum atomic E-state index is 13.0. The maximum absolute atomic E-state index is 13.0. The van der Waals surface area contributed by atoms with E-state index in [1.54, 1.807) is 0 Å². The molecule has 1 atom stereocenters. The number of pyridine rings is 1.